The zero-order valence-electron chi connectivity index (χ0n) is 23.5. The highest BCUT2D eigenvalue weighted by Crippen LogP contribution is 2.56. The van der Waals surface area contributed by atoms with Crippen molar-refractivity contribution in [2.45, 2.75) is 47.8 Å². The molecule has 228 valence electrons. The highest BCUT2D eigenvalue weighted by atomic mass is 16.5. The molecule has 4 atom stereocenters. The van der Waals surface area contributed by atoms with Crippen LogP contribution in [0.25, 0.3) is 0 Å². The first-order chi connectivity index (χ1) is 21.1. The van der Waals surface area contributed by atoms with Gasteiger partial charge in [0.05, 0.1) is 24.8 Å². The first-order valence-electron chi connectivity index (χ1n) is 14.5. The van der Waals surface area contributed by atoms with Crippen LogP contribution >= 0.6 is 0 Å². The number of para-hydroxylation sites is 2. The van der Waals surface area contributed by atoms with E-state index in [0.717, 1.165) is 23.3 Å². The summed E-state index contributed by atoms with van der Waals surface area (Å²) in [6.07, 6.45) is 1.99. The smallest absolute Gasteiger partial charge is 0.331 e. The van der Waals surface area contributed by atoms with Gasteiger partial charge in [0.1, 0.15) is 24.4 Å². The average molecular weight is 602 g/mol. The van der Waals surface area contributed by atoms with Crippen LogP contribution in [0.4, 0.5) is 10.5 Å². The fourth-order valence-electron chi connectivity index (χ4n) is 7.33. The van der Waals surface area contributed by atoms with Gasteiger partial charge in [-0.3, -0.25) is 19.4 Å². The maximum Gasteiger partial charge on any atom is 0.331 e. The summed E-state index contributed by atoms with van der Waals surface area (Å²) in [5.41, 5.74) is 12.5. The largest absolute Gasteiger partial charge is 0.492 e. The van der Waals surface area contributed by atoms with E-state index in [4.69, 9.17) is 16.2 Å². The van der Waals surface area contributed by atoms with E-state index in [9.17, 15) is 24.6 Å². The molecule has 5 aliphatic heterocycles. The molecule has 2 aromatic carbocycles. The van der Waals surface area contributed by atoms with Crippen LogP contribution in [0.2, 0.25) is 0 Å². The minimum absolute atomic E-state index is 0.0394. The molecular weight excluding hydrogens is 570 g/mol. The minimum Gasteiger partial charge on any atom is -0.492 e. The number of guanidine groups is 2. The van der Waals surface area contributed by atoms with Crippen molar-refractivity contribution < 1.29 is 29.3 Å². The number of aliphatic hydroxyl groups is 2. The number of hydrogen-bond donors (Lipinski definition) is 6. The zero-order chi connectivity index (χ0) is 30.6. The van der Waals surface area contributed by atoms with Crippen LogP contribution in [-0.2, 0) is 10.2 Å². The summed E-state index contributed by atoms with van der Waals surface area (Å²) in [5, 5.41) is 29.3. The molecule has 15 heteroatoms. The third-order valence-corrected chi connectivity index (χ3v) is 9.78. The van der Waals surface area contributed by atoms with E-state index in [0.29, 0.717) is 23.6 Å². The molecule has 6 aliphatic rings. The van der Waals surface area contributed by atoms with Gasteiger partial charge in [0.15, 0.2) is 17.6 Å². The van der Waals surface area contributed by atoms with Gasteiger partial charge in [-0.2, -0.15) is 0 Å². The quantitative estimate of drug-likeness (QED) is 0.170. The van der Waals surface area contributed by atoms with Crippen LogP contribution in [-0.4, -0.2) is 106 Å². The normalized spacial score (nSPS) is 30.3. The molecule has 1 aliphatic carbocycles. The topological polar surface area (TPSA) is 211 Å². The predicted molar refractivity (Wildman–Crippen MR) is 156 cm³/mol. The van der Waals surface area contributed by atoms with Crippen LogP contribution in [0.5, 0.6) is 5.75 Å². The number of amides is 4. The van der Waals surface area contributed by atoms with Gasteiger partial charge >= 0.3 is 6.03 Å². The van der Waals surface area contributed by atoms with Crippen molar-refractivity contribution in [3.05, 3.63) is 59.7 Å². The van der Waals surface area contributed by atoms with Crippen molar-refractivity contribution in [1.82, 2.24) is 20.4 Å². The molecule has 15 nitrogen and oxygen atoms in total. The number of nitrogens with one attached hydrogen (secondary N) is 2. The van der Waals surface area contributed by atoms with Crippen LogP contribution in [0.1, 0.15) is 28.8 Å². The van der Waals surface area contributed by atoms with E-state index in [1.54, 1.807) is 42.5 Å². The number of nitrogens with two attached hydrogens (primary N) is 2. The van der Waals surface area contributed by atoms with Crippen LogP contribution in [0.15, 0.2) is 58.5 Å². The van der Waals surface area contributed by atoms with E-state index >= 15 is 0 Å². The summed E-state index contributed by atoms with van der Waals surface area (Å²) in [4.78, 5) is 52.7. The minimum atomic E-state index is -2.68. The van der Waals surface area contributed by atoms with Gasteiger partial charge in [-0.15, -0.1) is 0 Å². The van der Waals surface area contributed by atoms with Gasteiger partial charge < -0.3 is 42.0 Å². The Morgan fingerprint density at radius 1 is 1.09 bits per heavy atom. The lowest BCUT2D eigenvalue weighted by Gasteiger charge is -2.49. The van der Waals surface area contributed by atoms with Crippen molar-refractivity contribution in [2.75, 3.05) is 31.1 Å². The number of rotatable bonds is 5. The maximum atomic E-state index is 13.6. The summed E-state index contributed by atoms with van der Waals surface area (Å²) < 4.78 is 5.92. The summed E-state index contributed by atoms with van der Waals surface area (Å²) in [6.45, 7) is -0.0237. The molecule has 0 bridgehead atoms. The molecule has 5 heterocycles. The highest BCUT2D eigenvalue weighted by molar-refractivity contribution is 6.12. The van der Waals surface area contributed by atoms with Crippen LogP contribution < -0.4 is 31.7 Å². The SMILES string of the molecule is NC1=NC2[C@H](CN3C(=O)CN(c4ccccc4)C3=O)N=C(N)N3CC(NC(=O)c4cccc5c4OCC54CC4)C(O)(O)C23N1. The molecule has 2 aromatic rings. The van der Waals surface area contributed by atoms with Gasteiger partial charge in [0.25, 0.3) is 11.8 Å². The first kappa shape index (κ1) is 26.7. The Morgan fingerprint density at radius 3 is 2.61 bits per heavy atom. The van der Waals surface area contributed by atoms with Crippen LogP contribution in [0, 0.1) is 0 Å². The molecule has 1 saturated carbocycles. The second-order valence-corrected chi connectivity index (χ2v) is 12.2. The van der Waals surface area contributed by atoms with Crippen molar-refractivity contribution in [3.8, 4) is 5.75 Å². The van der Waals surface area contributed by atoms with Crippen molar-refractivity contribution in [1.29, 1.82) is 0 Å². The van der Waals surface area contributed by atoms with Gasteiger partial charge in [-0.1, -0.05) is 30.3 Å². The third-order valence-electron chi connectivity index (χ3n) is 9.78. The number of hydrogen-bond acceptors (Lipinski definition) is 12. The number of nitrogens with zero attached hydrogens (tertiary/aromatic N) is 5. The molecular formula is C29H31N9O6. The summed E-state index contributed by atoms with van der Waals surface area (Å²) in [7, 11) is 0. The number of carbonyl (C=O) groups is 3. The summed E-state index contributed by atoms with van der Waals surface area (Å²) in [6, 6.07) is 10.3. The highest BCUT2D eigenvalue weighted by Gasteiger charge is 2.73. The van der Waals surface area contributed by atoms with Crippen molar-refractivity contribution >= 4 is 35.5 Å². The van der Waals surface area contributed by atoms with Gasteiger partial charge in [-0.25, -0.2) is 14.8 Å². The summed E-state index contributed by atoms with van der Waals surface area (Å²) >= 11 is 0. The molecule has 2 spiro atoms. The Bertz CT molecular complexity index is 1670. The van der Waals surface area contributed by atoms with Gasteiger partial charge in [-0.05, 0) is 31.0 Å². The monoisotopic (exact) mass is 601 g/mol. The van der Waals surface area contributed by atoms with Gasteiger partial charge in [0, 0.05) is 23.2 Å². The standard InChI is InChI=1S/C29H31N9O6/c30-24-34-22-18(11-37-20(39)13-36(26(37)41)15-5-2-1-3-6-15)32-25(31)38-12-19(29(42,43)28(22,38)35-24)33-23(40)16-7-4-8-17-21(16)44-14-27(17)9-10-27/h1-8,18-19,22,42-43H,9-14H2,(H2,31,32)(H,33,40)(H3,30,34,35)/t18-,19?,22?,28?/m0/s1. The Kier molecular flexibility index (Phi) is 5.36. The number of benzene rings is 2. The number of carbonyl (C=O) groups excluding carboxylic acids is 3. The molecule has 8 N–H and O–H groups in total. The maximum absolute atomic E-state index is 13.6. The molecule has 8 rings (SSSR count). The number of urea groups is 1. The van der Waals surface area contributed by atoms with E-state index in [2.05, 4.69) is 20.6 Å². The predicted octanol–water partition coefficient (Wildman–Crippen LogP) is -1.65. The van der Waals surface area contributed by atoms with E-state index in [1.807, 2.05) is 6.07 Å². The summed E-state index contributed by atoms with van der Waals surface area (Å²) in [5.74, 6) is -3.36. The second kappa shape index (κ2) is 8.83. The van der Waals surface area contributed by atoms with Crippen molar-refractivity contribution in [3.63, 3.8) is 0 Å². The molecule has 44 heavy (non-hydrogen) atoms. The first-order valence-corrected chi connectivity index (χ1v) is 14.5. The molecule has 3 unspecified atom stereocenters. The lowest BCUT2D eigenvalue weighted by atomic mass is 9.84. The lowest BCUT2D eigenvalue weighted by Crippen LogP contribution is -2.78. The van der Waals surface area contributed by atoms with Crippen molar-refractivity contribution in [2.24, 2.45) is 21.5 Å². The van der Waals surface area contributed by atoms with Gasteiger partial charge in [0.2, 0.25) is 5.79 Å². The Labute approximate surface area is 251 Å². The third kappa shape index (κ3) is 3.47. The zero-order valence-corrected chi connectivity index (χ0v) is 23.5. The van der Waals surface area contributed by atoms with E-state index in [1.165, 1.54) is 9.80 Å². The molecule has 2 saturated heterocycles. The lowest BCUT2D eigenvalue weighted by molar-refractivity contribution is -0.230. The molecule has 0 aromatic heterocycles. The Balaban J connectivity index is 1.07. The number of aliphatic imine (C=N–C) groups is 2. The molecule has 0 radical (unpaired) electrons. The average Bonchev–Trinajstić information content (AvgIpc) is 3.34. The van der Waals surface area contributed by atoms with Crippen LogP contribution in [0.3, 0.4) is 0 Å². The van der Waals surface area contributed by atoms with E-state index in [-0.39, 0.29) is 37.0 Å². The number of ether oxygens (including phenoxy) is 1. The van der Waals surface area contributed by atoms with E-state index < -0.39 is 47.4 Å². The second-order valence-electron chi connectivity index (χ2n) is 12.2. The molecule has 3 fully saturated rings. The fraction of sp³-hybridized carbons (Fsp3) is 0.414. The molecule has 4 amide bonds. The fourth-order valence-corrected chi connectivity index (χ4v) is 7.33. The Hall–Kier alpha value is -4.89. The number of anilines is 1. The number of imide groups is 1. The number of fused-ring (bicyclic) bond motifs is 2. The Morgan fingerprint density at radius 2 is 1.86 bits per heavy atom.